The molecule has 0 unspecified atom stereocenters. The van der Waals surface area contributed by atoms with Crippen molar-refractivity contribution in [2.24, 2.45) is 28.5 Å². The summed E-state index contributed by atoms with van der Waals surface area (Å²) in [6.07, 6.45) is -4.42. The number of carbonyl (C=O) groups is 3. The molecule has 0 bridgehead atoms. The van der Waals surface area contributed by atoms with Gasteiger partial charge in [-0.3, -0.25) is 14.4 Å². The summed E-state index contributed by atoms with van der Waals surface area (Å²) >= 11 is 0. The molecule has 0 saturated carbocycles. The lowest BCUT2D eigenvalue weighted by atomic mass is 9.81. The van der Waals surface area contributed by atoms with E-state index < -0.39 is 47.5 Å². The lowest BCUT2D eigenvalue weighted by molar-refractivity contribution is -0.137. The summed E-state index contributed by atoms with van der Waals surface area (Å²) in [5.74, 6) is -3.03. The molecule has 0 saturated heterocycles. The highest BCUT2D eigenvalue weighted by atomic mass is 19.4. The van der Waals surface area contributed by atoms with Crippen LogP contribution in [0.5, 0.6) is 0 Å². The third-order valence-corrected chi connectivity index (χ3v) is 6.62. The van der Waals surface area contributed by atoms with E-state index in [0.29, 0.717) is 36.1 Å². The number of hydrogen-bond donors (Lipinski definition) is 2. The van der Waals surface area contributed by atoms with Gasteiger partial charge in [0, 0.05) is 30.0 Å². The molecule has 204 valence electrons. The monoisotopic (exact) mass is 530 g/mol. The highest BCUT2D eigenvalue weighted by Gasteiger charge is 2.37. The molecule has 1 heterocycles. The van der Waals surface area contributed by atoms with Crippen LogP contribution < -0.4 is 16.0 Å². The normalized spacial score (nSPS) is 17.4. The Labute approximate surface area is 220 Å². The van der Waals surface area contributed by atoms with E-state index in [-0.39, 0.29) is 11.6 Å². The molecule has 3 amide bonds. The molecule has 0 aromatic heterocycles. The van der Waals surface area contributed by atoms with E-state index in [1.807, 2.05) is 20.8 Å². The Bertz CT molecular complexity index is 1210. The van der Waals surface area contributed by atoms with Crippen LogP contribution in [0.2, 0.25) is 0 Å². The van der Waals surface area contributed by atoms with Crippen molar-refractivity contribution >= 4 is 29.1 Å². The topological polar surface area (TPSA) is 105 Å². The smallest absolute Gasteiger partial charge is 0.369 e. The van der Waals surface area contributed by atoms with Crippen LogP contribution in [-0.2, 0) is 20.6 Å². The van der Waals surface area contributed by atoms with Crippen molar-refractivity contribution in [3.8, 4) is 0 Å². The number of likely N-dealkylation sites (N-methyl/N-ethyl adjacent to an activating group) is 1. The fourth-order valence-electron chi connectivity index (χ4n) is 4.72. The minimum absolute atomic E-state index is 0.0763. The molecule has 10 heteroatoms. The highest BCUT2D eigenvalue weighted by molar-refractivity contribution is 6.20. The molecule has 38 heavy (non-hydrogen) atoms. The Morgan fingerprint density at radius 2 is 1.71 bits per heavy atom. The van der Waals surface area contributed by atoms with Crippen molar-refractivity contribution < 1.29 is 27.6 Å². The lowest BCUT2D eigenvalue weighted by Crippen LogP contribution is -2.50. The molecule has 7 nitrogen and oxygen atoms in total. The van der Waals surface area contributed by atoms with Gasteiger partial charge in [0.05, 0.1) is 17.0 Å². The standard InChI is InChI=1S/C28H33F3N4O3/c1-5-8-19(24(32)36)21(15-16(2)3)26(37)34-25-27(38)35(4)22-10-7-6-9-20(22)23(33-25)17-11-13-18(14-12-17)28(29,30)31/h6-7,9-14,16,19,21,25H,5,8,15H2,1-4H3,(H2,32,36)(H,34,37)/t19-,21+,25+/m0/s1. The number of rotatable bonds is 9. The van der Waals surface area contributed by atoms with E-state index in [1.165, 1.54) is 17.0 Å². The van der Waals surface area contributed by atoms with Gasteiger partial charge >= 0.3 is 6.18 Å². The quantitative estimate of drug-likeness (QED) is 0.498. The molecular weight excluding hydrogens is 497 g/mol. The average Bonchev–Trinajstić information content (AvgIpc) is 2.96. The molecule has 2 aromatic carbocycles. The molecule has 0 radical (unpaired) electrons. The van der Waals surface area contributed by atoms with Crippen LogP contribution in [0, 0.1) is 17.8 Å². The summed E-state index contributed by atoms with van der Waals surface area (Å²) in [7, 11) is 1.54. The lowest BCUT2D eigenvalue weighted by Gasteiger charge is -2.27. The van der Waals surface area contributed by atoms with Gasteiger partial charge in [0.15, 0.2) is 0 Å². The summed E-state index contributed by atoms with van der Waals surface area (Å²) in [6.45, 7) is 5.74. The maximum Gasteiger partial charge on any atom is 0.416 e. The summed E-state index contributed by atoms with van der Waals surface area (Å²) < 4.78 is 39.5. The maximum atomic E-state index is 13.5. The molecule has 3 atom stereocenters. The molecule has 0 spiro atoms. The van der Waals surface area contributed by atoms with Crippen molar-refractivity contribution in [2.75, 3.05) is 11.9 Å². The zero-order chi connectivity index (χ0) is 28.2. The predicted octanol–water partition coefficient (Wildman–Crippen LogP) is 4.53. The van der Waals surface area contributed by atoms with Crippen LogP contribution in [0.1, 0.15) is 56.7 Å². The number of nitrogens with one attached hydrogen (secondary N) is 1. The third-order valence-electron chi connectivity index (χ3n) is 6.62. The first-order valence-corrected chi connectivity index (χ1v) is 12.6. The Morgan fingerprint density at radius 3 is 2.26 bits per heavy atom. The molecule has 3 N–H and O–H groups in total. The number of hydrogen-bond acceptors (Lipinski definition) is 4. The number of para-hydroxylation sites is 1. The van der Waals surface area contributed by atoms with E-state index in [9.17, 15) is 27.6 Å². The number of halogens is 3. The van der Waals surface area contributed by atoms with Crippen molar-refractivity contribution in [1.29, 1.82) is 0 Å². The van der Waals surface area contributed by atoms with E-state index in [2.05, 4.69) is 10.3 Å². The molecule has 0 aliphatic carbocycles. The van der Waals surface area contributed by atoms with Crippen LogP contribution in [0.15, 0.2) is 53.5 Å². The number of aliphatic imine (C=N–C) groups is 1. The number of benzodiazepines with no additional fused rings is 1. The number of fused-ring (bicyclic) bond motifs is 1. The van der Waals surface area contributed by atoms with E-state index >= 15 is 0 Å². The fourth-order valence-corrected chi connectivity index (χ4v) is 4.72. The zero-order valence-electron chi connectivity index (χ0n) is 21.9. The van der Waals surface area contributed by atoms with Gasteiger partial charge in [-0.05, 0) is 37.0 Å². The van der Waals surface area contributed by atoms with Crippen molar-refractivity contribution in [2.45, 2.75) is 52.4 Å². The molecule has 1 aliphatic heterocycles. The Morgan fingerprint density at radius 1 is 1.08 bits per heavy atom. The molecular formula is C28H33F3N4O3. The van der Waals surface area contributed by atoms with Gasteiger partial charge in [-0.15, -0.1) is 0 Å². The van der Waals surface area contributed by atoms with Gasteiger partial charge in [-0.2, -0.15) is 13.2 Å². The van der Waals surface area contributed by atoms with Crippen molar-refractivity contribution in [3.05, 3.63) is 65.2 Å². The summed E-state index contributed by atoms with van der Waals surface area (Å²) in [5.41, 5.74) is 6.46. The largest absolute Gasteiger partial charge is 0.416 e. The average molecular weight is 531 g/mol. The Balaban J connectivity index is 2.06. The number of benzene rings is 2. The van der Waals surface area contributed by atoms with E-state index in [1.54, 1.807) is 31.3 Å². The first kappa shape index (κ1) is 28.9. The number of nitrogens with two attached hydrogens (primary N) is 1. The highest BCUT2D eigenvalue weighted by Crippen LogP contribution is 2.32. The van der Waals surface area contributed by atoms with Crippen LogP contribution in [-0.4, -0.2) is 36.6 Å². The zero-order valence-corrected chi connectivity index (χ0v) is 21.9. The van der Waals surface area contributed by atoms with E-state index in [4.69, 9.17) is 5.73 Å². The van der Waals surface area contributed by atoms with Gasteiger partial charge in [0.2, 0.25) is 18.0 Å². The van der Waals surface area contributed by atoms with E-state index in [0.717, 1.165) is 12.1 Å². The SMILES string of the molecule is CCC[C@H](C(N)=O)[C@@H](CC(C)C)C(=O)N[C@H]1N=C(c2ccc(C(F)(F)F)cc2)c2ccccc2N(C)C1=O. The minimum Gasteiger partial charge on any atom is -0.369 e. The van der Waals surface area contributed by atoms with Crippen LogP contribution in [0.3, 0.4) is 0 Å². The Kier molecular flexibility index (Phi) is 8.96. The van der Waals surface area contributed by atoms with Gasteiger partial charge in [-0.1, -0.05) is 57.5 Å². The number of nitrogens with zero attached hydrogens (tertiary/aromatic N) is 2. The number of carbonyl (C=O) groups excluding carboxylic acids is 3. The maximum absolute atomic E-state index is 13.5. The van der Waals surface area contributed by atoms with Gasteiger partial charge in [0.1, 0.15) is 0 Å². The minimum atomic E-state index is -4.50. The predicted molar refractivity (Wildman–Crippen MR) is 139 cm³/mol. The second-order valence-corrected chi connectivity index (χ2v) is 9.91. The number of alkyl halides is 3. The molecule has 0 fully saturated rings. The first-order chi connectivity index (χ1) is 17.8. The van der Waals surface area contributed by atoms with Crippen molar-refractivity contribution in [3.63, 3.8) is 0 Å². The Hall–Kier alpha value is -3.69. The summed E-state index contributed by atoms with van der Waals surface area (Å²) in [5, 5.41) is 2.70. The molecule has 3 rings (SSSR count). The molecule has 1 aliphatic rings. The fraction of sp³-hybridized carbons (Fsp3) is 0.429. The van der Waals surface area contributed by atoms with Gasteiger partial charge < -0.3 is 16.0 Å². The second kappa shape index (κ2) is 11.8. The number of anilines is 1. The number of amides is 3. The first-order valence-electron chi connectivity index (χ1n) is 12.6. The van der Waals surface area contributed by atoms with Crippen LogP contribution in [0.25, 0.3) is 0 Å². The van der Waals surface area contributed by atoms with Crippen molar-refractivity contribution in [1.82, 2.24) is 5.32 Å². The number of primary amides is 1. The van der Waals surface area contributed by atoms with Crippen LogP contribution >= 0.6 is 0 Å². The third kappa shape index (κ3) is 6.41. The summed E-state index contributed by atoms with van der Waals surface area (Å²) in [4.78, 5) is 45.1. The summed E-state index contributed by atoms with van der Waals surface area (Å²) in [6, 6.07) is 11.4. The molecule has 2 aromatic rings. The van der Waals surface area contributed by atoms with Gasteiger partial charge in [0.25, 0.3) is 5.91 Å². The van der Waals surface area contributed by atoms with Gasteiger partial charge in [-0.25, -0.2) is 4.99 Å². The van der Waals surface area contributed by atoms with Crippen LogP contribution in [0.4, 0.5) is 18.9 Å². The second-order valence-electron chi connectivity index (χ2n) is 9.91.